The summed E-state index contributed by atoms with van der Waals surface area (Å²) in [6.45, 7) is 5.65. The largest absolute Gasteiger partial charge is 0.381 e. The van der Waals surface area contributed by atoms with Gasteiger partial charge in [-0.1, -0.05) is 49.7 Å². The first-order valence-corrected chi connectivity index (χ1v) is 6.21. The molecule has 2 aromatic rings. The number of carbonyl (C=O) groups is 1. The second kappa shape index (κ2) is 4.91. The fourth-order valence-corrected chi connectivity index (χ4v) is 2.03. The van der Waals surface area contributed by atoms with Crippen molar-refractivity contribution in [2.75, 3.05) is 0 Å². The van der Waals surface area contributed by atoms with E-state index in [1.807, 2.05) is 37.3 Å². The molecule has 0 aromatic heterocycles. The van der Waals surface area contributed by atoms with Crippen LogP contribution in [0.4, 0.5) is 0 Å². The van der Waals surface area contributed by atoms with Crippen molar-refractivity contribution in [3.05, 3.63) is 47.5 Å². The van der Waals surface area contributed by atoms with E-state index in [2.05, 4.69) is 6.07 Å². The van der Waals surface area contributed by atoms with Gasteiger partial charge in [-0.3, -0.25) is 4.79 Å². The standard InChI is InChI=1S/C16H18O2/c1-10(2)15(17)16(18)14-7-6-12-8-11(3)4-5-13(12)9-14/h4-10,16,18H,1-3H3. The molecule has 0 saturated carbocycles. The zero-order valence-corrected chi connectivity index (χ0v) is 11.0. The molecule has 2 heteroatoms. The van der Waals surface area contributed by atoms with Crippen LogP contribution in [0.5, 0.6) is 0 Å². The highest BCUT2D eigenvalue weighted by Crippen LogP contribution is 2.23. The Hall–Kier alpha value is -1.67. The van der Waals surface area contributed by atoms with Crippen LogP contribution >= 0.6 is 0 Å². The summed E-state index contributed by atoms with van der Waals surface area (Å²) in [5.74, 6) is -0.296. The van der Waals surface area contributed by atoms with E-state index in [0.29, 0.717) is 5.56 Å². The summed E-state index contributed by atoms with van der Waals surface area (Å²) in [6, 6.07) is 11.8. The van der Waals surface area contributed by atoms with Crippen molar-refractivity contribution >= 4 is 16.6 Å². The molecular formula is C16H18O2. The molecule has 0 bridgehead atoms. The van der Waals surface area contributed by atoms with E-state index in [-0.39, 0.29) is 11.7 Å². The average Bonchev–Trinajstić information content (AvgIpc) is 2.36. The monoisotopic (exact) mass is 242 g/mol. The van der Waals surface area contributed by atoms with E-state index >= 15 is 0 Å². The quantitative estimate of drug-likeness (QED) is 0.895. The highest BCUT2D eigenvalue weighted by molar-refractivity contribution is 5.89. The molecule has 0 saturated heterocycles. The van der Waals surface area contributed by atoms with Crippen molar-refractivity contribution in [1.29, 1.82) is 0 Å². The number of fused-ring (bicyclic) bond motifs is 1. The van der Waals surface area contributed by atoms with E-state index < -0.39 is 6.10 Å². The van der Waals surface area contributed by atoms with Crippen molar-refractivity contribution in [3.63, 3.8) is 0 Å². The fraction of sp³-hybridized carbons (Fsp3) is 0.312. The lowest BCUT2D eigenvalue weighted by molar-refractivity contribution is -0.130. The van der Waals surface area contributed by atoms with Crippen molar-refractivity contribution in [2.45, 2.75) is 26.9 Å². The third kappa shape index (κ3) is 2.44. The molecular weight excluding hydrogens is 224 g/mol. The summed E-state index contributed by atoms with van der Waals surface area (Å²) in [5, 5.41) is 12.2. The van der Waals surface area contributed by atoms with Crippen molar-refractivity contribution in [1.82, 2.24) is 0 Å². The molecule has 18 heavy (non-hydrogen) atoms. The number of aliphatic hydroxyl groups is 1. The van der Waals surface area contributed by atoms with Gasteiger partial charge in [0.05, 0.1) is 0 Å². The van der Waals surface area contributed by atoms with Gasteiger partial charge in [0.2, 0.25) is 0 Å². The van der Waals surface area contributed by atoms with Gasteiger partial charge in [0.1, 0.15) is 6.10 Å². The minimum Gasteiger partial charge on any atom is -0.381 e. The molecule has 0 aliphatic rings. The van der Waals surface area contributed by atoms with E-state index in [0.717, 1.165) is 10.8 Å². The number of aryl methyl sites for hydroxylation is 1. The van der Waals surface area contributed by atoms with E-state index in [1.165, 1.54) is 5.56 Å². The number of benzene rings is 2. The smallest absolute Gasteiger partial charge is 0.168 e. The highest BCUT2D eigenvalue weighted by Gasteiger charge is 2.20. The maximum atomic E-state index is 11.8. The normalized spacial score (nSPS) is 12.9. The van der Waals surface area contributed by atoms with Gasteiger partial charge in [-0.25, -0.2) is 0 Å². The first kappa shape index (κ1) is 12.8. The number of rotatable bonds is 3. The molecule has 0 radical (unpaired) electrons. The zero-order chi connectivity index (χ0) is 13.3. The van der Waals surface area contributed by atoms with Gasteiger partial charge in [-0.2, -0.15) is 0 Å². The molecule has 2 aromatic carbocycles. The van der Waals surface area contributed by atoms with Crippen LogP contribution in [0.3, 0.4) is 0 Å². The van der Waals surface area contributed by atoms with Crippen LogP contribution in [0.1, 0.15) is 31.1 Å². The van der Waals surface area contributed by atoms with Crippen LogP contribution in [0.15, 0.2) is 36.4 Å². The molecule has 1 atom stereocenters. The number of hydrogen-bond donors (Lipinski definition) is 1. The van der Waals surface area contributed by atoms with Gasteiger partial charge < -0.3 is 5.11 Å². The SMILES string of the molecule is Cc1ccc2cc(C(O)C(=O)C(C)C)ccc2c1. The molecule has 0 amide bonds. The Morgan fingerprint density at radius 3 is 2.33 bits per heavy atom. The van der Waals surface area contributed by atoms with Gasteiger partial charge in [-0.15, -0.1) is 0 Å². The van der Waals surface area contributed by atoms with Crippen LogP contribution < -0.4 is 0 Å². The van der Waals surface area contributed by atoms with Gasteiger partial charge in [0.15, 0.2) is 5.78 Å². The molecule has 1 N–H and O–H groups in total. The van der Waals surface area contributed by atoms with E-state index in [9.17, 15) is 9.90 Å². The molecule has 2 nitrogen and oxygen atoms in total. The first-order chi connectivity index (χ1) is 8.49. The number of Topliss-reactive ketones (excluding diaryl/α,β-unsaturated/α-hetero) is 1. The lowest BCUT2D eigenvalue weighted by Crippen LogP contribution is -2.17. The second-order valence-electron chi connectivity index (χ2n) is 5.07. The third-order valence-corrected chi connectivity index (χ3v) is 3.17. The molecule has 0 heterocycles. The van der Waals surface area contributed by atoms with Crippen LogP contribution in [0.25, 0.3) is 10.8 Å². The Kier molecular flexibility index (Phi) is 3.48. The minimum atomic E-state index is -1.02. The number of hydrogen-bond acceptors (Lipinski definition) is 2. The predicted octanol–water partition coefficient (Wildman–Crippen LogP) is 3.41. The minimum absolute atomic E-state index is 0.138. The molecule has 0 aliphatic heterocycles. The summed E-state index contributed by atoms with van der Waals surface area (Å²) in [6.07, 6.45) is -1.02. The molecule has 94 valence electrons. The first-order valence-electron chi connectivity index (χ1n) is 6.21. The second-order valence-corrected chi connectivity index (χ2v) is 5.07. The Morgan fingerprint density at radius 1 is 1.06 bits per heavy atom. The molecule has 1 unspecified atom stereocenters. The Morgan fingerprint density at radius 2 is 1.67 bits per heavy atom. The van der Waals surface area contributed by atoms with Gasteiger partial charge in [-0.05, 0) is 29.3 Å². The van der Waals surface area contributed by atoms with Crippen molar-refractivity contribution in [3.8, 4) is 0 Å². The summed E-state index contributed by atoms with van der Waals surface area (Å²) >= 11 is 0. The Bertz CT molecular complexity index is 585. The van der Waals surface area contributed by atoms with E-state index in [1.54, 1.807) is 13.8 Å². The number of carbonyl (C=O) groups excluding carboxylic acids is 1. The average molecular weight is 242 g/mol. The topological polar surface area (TPSA) is 37.3 Å². The summed E-state index contributed by atoms with van der Waals surface area (Å²) in [5.41, 5.74) is 1.87. The van der Waals surface area contributed by atoms with Crippen molar-refractivity contribution < 1.29 is 9.90 Å². The molecule has 0 fully saturated rings. The highest BCUT2D eigenvalue weighted by atomic mass is 16.3. The van der Waals surface area contributed by atoms with Crippen LogP contribution in [0, 0.1) is 12.8 Å². The molecule has 2 rings (SSSR count). The fourth-order valence-electron chi connectivity index (χ4n) is 2.03. The summed E-state index contributed by atoms with van der Waals surface area (Å²) in [7, 11) is 0. The van der Waals surface area contributed by atoms with Gasteiger partial charge >= 0.3 is 0 Å². The van der Waals surface area contributed by atoms with Gasteiger partial charge in [0, 0.05) is 5.92 Å². The van der Waals surface area contributed by atoms with E-state index in [4.69, 9.17) is 0 Å². The summed E-state index contributed by atoms with van der Waals surface area (Å²) in [4.78, 5) is 11.8. The van der Waals surface area contributed by atoms with Gasteiger partial charge in [0.25, 0.3) is 0 Å². The Balaban J connectivity index is 2.41. The number of aliphatic hydroxyl groups excluding tert-OH is 1. The van der Waals surface area contributed by atoms with Crippen LogP contribution in [0.2, 0.25) is 0 Å². The lowest BCUT2D eigenvalue weighted by Gasteiger charge is -2.13. The number of ketones is 1. The van der Waals surface area contributed by atoms with Crippen LogP contribution in [-0.4, -0.2) is 10.9 Å². The van der Waals surface area contributed by atoms with Crippen molar-refractivity contribution in [2.24, 2.45) is 5.92 Å². The zero-order valence-electron chi connectivity index (χ0n) is 11.0. The summed E-state index contributed by atoms with van der Waals surface area (Å²) < 4.78 is 0. The predicted molar refractivity (Wildman–Crippen MR) is 73.5 cm³/mol. The third-order valence-electron chi connectivity index (χ3n) is 3.17. The molecule has 0 spiro atoms. The Labute approximate surface area is 107 Å². The lowest BCUT2D eigenvalue weighted by atomic mass is 9.96. The molecule has 0 aliphatic carbocycles. The maximum absolute atomic E-state index is 11.8. The maximum Gasteiger partial charge on any atom is 0.168 e. The van der Waals surface area contributed by atoms with Crippen LogP contribution in [-0.2, 0) is 4.79 Å².